The highest BCUT2D eigenvalue weighted by atomic mass is 16.6. The van der Waals surface area contributed by atoms with Gasteiger partial charge in [0.2, 0.25) is 0 Å². The maximum absolute atomic E-state index is 12.0. The number of carbonyl (C=O) groups is 3. The lowest BCUT2D eigenvalue weighted by Gasteiger charge is -2.29. The van der Waals surface area contributed by atoms with Crippen molar-refractivity contribution in [2.45, 2.75) is 50.7 Å². The van der Waals surface area contributed by atoms with Crippen molar-refractivity contribution in [3.8, 4) is 0 Å². The van der Waals surface area contributed by atoms with Crippen LogP contribution in [0.3, 0.4) is 0 Å². The van der Waals surface area contributed by atoms with Crippen LogP contribution in [0.5, 0.6) is 0 Å². The molecule has 0 aromatic heterocycles. The summed E-state index contributed by atoms with van der Waals surface area (Å²) in [6.45, 7) is 2.93. The number of allylic oxidation sites excluding steroid dienone is 1. The van der Waals surface area contributed by atoms with Crippen molar-refractivity contribution >= 4 is 18.0 Å². The van der Waals surface area contributed by atoms with Crippen LogP contribution < -0.4 is 21.7 Å². The summed E-state index contributed by atoms with van der Waals surface area (Å²) in [7, 11) is 0. The van der Waals surface area contributed by atoms with Gasteiger partial charge >= 0.3 is 12.1 Å². The van der Waals surface area contributed by atoms with Crippen LogP contribution in [0.1, 0.15) is 39.0 Å². The van der Waals surface area contributed by atoms with E-state index >= 15 is 0 Å². The Labute approximate surface area is 147 Å². The van der Waals surface area contributed by atoms with Crippen molar-refractivity contribution < 1.29 is 24.2 Å². The topological polar surface area (TPSA) is 143 Å². The number of nitrogens with one attached hydrogen (secondary N) is 3. The Morgan fingerprint density at radius 1 is 1.24 bits per heavy atom. The Morgan fingerprint density at radius 3 is 2.64 bits per heavy atom. The van der Waals surface area contributed by atoms with Gasteiger partial charge < -0.3 is 31.5 Å². The van der Waals surface area contributed by atoms with E-state index in [-0.39, 0.29) is 6.42 Å². The molecule has 1 aliphatic rings. The van der Waals surface area contributed by atoms with E-state index in [1.54, 1.807) is 19.1 Å². The molecule has 9 heteroatoms. The maximum atomic E-state index is 12.0. The summed E-state index contributed by atoms with van der Waals surface area (Å²) >= 11 is 0. The van der Waals surface area contributed by atoms with Gasteiger partial charge in [-0.3, -0.25) is 4.79 Å². The lowest BCUT2D eigenvalue weighted by atomic mass is 9.87. The van der Waals surface area contributed by atoms with E-state index in [9.17, 15) is 19.5 Å². The van der Waals surface area contributed by atoms with Gasteiger partial charge in [-0.25, -0.2) is 9.59 Å². The van der Waals surface area contributed by atoms with E-state index in [0.29, 0.717) is 45.3 Å². The van der Waals surface area contributed by atoms with E-state index in [1.807, 2.05) is 0 Å². The number of nitrogens with two attached hydrogens (primary N) is 1. The van der Waals surface area contributed by atoms with Crippen LogP contribution in [0.15, 0.2) is 12.2 Å². The third-order valence-electron chi connectivity index (χ3n) is 3.86. The lowest BCUT2D eigenvalue weighted by molar-refractivity contribution is -0.141. The lowest BCUT2D eigenvalue weighted by Crippen LogP contribution is -2.47. The second-order valence-corrected chi connectivity index (χ2v) is 5.91. The minimum atomic E-state index is -1.45. The molecule has 0 bridgehead atoms. The fourth-order valence-corrected chi connectivity index (χ4v) is 2.49. The number of amides is 4. The molecule has 0 unspecified atom stereocenters. The van der Waals surface area contributed by atoms with E-state index in [1.165, 1.54) is 0 Å². The van der Waals surface area contributed by atoms with E-state index in [0.717, 1.165) is 0 Å². The third kappa shape index (κ3) is 7.88. The van der Waals surface area contributed by atoms with Gasteiger partial charge in [-0.2, -0.15) is 0 Å². The molecule has 0 aliphatic heterocycles. The number of hydrogen-bond donors (Lipinski definition) is 5. The zero-order valence-electron chi connectivity index (χ0n) is 14.5. The number of ether oxygens (including phenoxy) is 1. The highest BCUT2D eigenvalue weighted by molar-refractivity contribution is 5.84. The minimum absolute atomic E-state index is 0.212. The average molecular weight is 356 g/mol. The number of likely N-dealkylation sites (N-methyl/N-ethyl adjacent to an activating group) is 1. The van der Waals surface area contributed by atoms with Crippen LogP contribution in [-0.4, -0.2) is 54.5 Å². The Kier molecular flexibility index (Phi) is 8.76. The Balaban J connectivity index is 2.40. The first-order valence-electron chi connectivity index (χ1n) is 8.52. The highest BCUT2D eigenvalue weighted by Crippen LogP contribution is 2.25. The number of primary amides is 1. The van der Waals surface area contributed by atoms with Crippen molar-refractivity contribution in [3.05, 3.63) is 12.2 Å². The first kappa shape index (κ1) is 20.8. The number of rotatable bonds is 7. The molecular weight excluding hydrogens is 328 g/mol. The monoisotopic (exact) mass is 356 g/mol. The molecule has 0 aromatic carbocycles. The van der Waals surface area contributed by atoms with Gasteiger partial charge in [-0.05, 0) is 45.1 Å². The molecule has 0 fully saturated rings. The van der Waals surface area contributed by atoms with Crippen molar-refractivity contribution in [2.24, 2.45) is 5.73 Å². The van der Waals surface area contributed by atoms with Crippen LogP contribution in [0, 0.1) is 0 Å². The summed E-state index contributed by atoms with van der Waals surface area (Å²) in [6, 6.07) is -0.609. The van der Waals surface area contributed by atoms with E-state index in [2.05, 4.69) is 16.0 Å². The first-order chi connectivity index (χ1) is 11.9. The summed E-state index contributed by atoms with van der Waals surface area (Å²) in [4.78, 5) is 34.3. The molecule has 0 aromatic rings. The quantitative estimate of drug-likeness (QED) is 0.326. The number of hydrogen-bond acceptors (Lipinski definition) is 5. The Bertz CT molecular complexity index is 497. The van der Waals surface area contributed by atoms with Crippen LogP contribution in [0.25, 0.3) is 0 Å². The predicted octanol–water partition coefficient (Wildman–Crippen LogP) is 0.137. The standard InChI is InChI=1S/C16H28N4O5/c1-2-18-13(21)16(24)8-4-3-6-12(7-9-16)25-15(23)20-11-5-10-19-14(17)22/h3,6,12,24H,2,4-5,7-11H2,1H3,(H,18,21)(H,20,23)(H3,17,19,22)/b6-3+/t12-,16-/m0/s1. The Morgan fingerprint density at radius 2 is 1.96 bits per heavy atom. The zero-order chi connectivity index (χ0) is 18.7. The molecule has 4 amide bonds. The number of urea groups is 1. The van der Waals surface area contributed by atoms with Crippen molar-refractivity contribution in [3.63, 3.8) is 0 Å². The largest absolute Gasteiger partial charge is 0.442 e. The van der Waals surface area contributed by atoms with Gasteiger partial charge in [0.15, 0.2) is 0 Å². The summed E-state index contributed by atoms with van der Waals surface area (Å²) < 4.78 is 5.30. The normalized spacial score (nSPS) is 24.3. The molecule has 9 nitrogen and oxygen atoms in total. The summed E-state index contributed by atoms with van der Waals surface area (Å²) in [5.74, 6) is -0.393. The van der Waals surface area contributed by atoms with Gasteiger partial charge in [0.05, 0.1) is 0 Å². The van der Waals surface area contributed by atoms with E-state index < -0.39 is 29.7 Å². The fourth-order valence-electron chi connectivity index (χ4n) is 2.49. The SMILES string of the molecule is CCNC(=O)[C@]1(O)CC/C=C/[C@H](OC(=O)NCCCNC(N)=O)CC1. The first-order valence-corrected chi connectivity index (χ1v) is 8.52. The number of alkyl carbamates (subject to hydrolysis) is 1. The van der Waals surface area contributed by atoms with Gasteiger partial charge in [-0.15, -0.1) is 0 Å². The van der Waals surface area contributed by atoms with Crippen molar-refractivity contribution in [1.29, 1.82) is 0 Å². The highest BCUT2D eigenvalue weighted by Gasteiger charge is 2.36. The zero-order valence-corrected chi connectivity index (χ0v) is 14.5. The third-order valence-corrected chi connectivity index (χ3v) is 3.86. The second kappa shape index (κ2) is 10.5. The molecule has 142 valence electrons. The summed E-state index contributed by atoms with van der Waals surface area (Å²) in [6.07, 6.45) is 4.42. The van der Waals surface area contributed by atoms with Crippen LogP contribution in [0.2, 0.25) is 0 Å². The molecule has 25 heavy (non-hydrogen) atoms. The van der Waals surface area contributed by atoms with E-state index in [4.69, 9.17) is 10.5 Å². The Hall–Kier alpha value is -2.29. The molecule has 1 rings (SSSR count). The van der Waals surface area contributed by atoms with Crippen LogP contribution >= 0.6 is 0 Å². The minimum Gasteiger partial charge on any atom is -0.442 e. The molecular formula is C16H28N4O5. The number of aliphatic hydroxyl groups is 1. The molecule has 0 radical (unpaired) electrons. The average Bonchev–Trinajstić information content (AvgIpc) is 2.54. The molecule has 1 aliphatic carbocycles. The van der Waals surface area contributed by atoms with Gasteiger partial charge in [0.1, 0.15) is 11.7 Å². The molecule has 0 spiro atoms. The van der Waals surface area contributed by atoms with Crippen LogP contribution in [0.4, 0.5) is 9.59 Å². The van der Waals surface area contributed by atoms with Gasteiger partial charge in [-0.1, -0.05) is 6.08 Å². The molecule has 0 saturated heterocycles. The van der Waals surface area contributed by atoms with Crippen molar-refractivity contribution in [2.75, 3.05) is 19.6 Å². The van der Waals surface area contributed by atoms with Gasteiger partial charge in [0.25, 0.3) is 5.91 Å². The molecule has 0 heterocycles. The van der Waals surface area contributed by atoms with Crippen molar-refractivity contribution in [1.82, 2.24) is 16.0 Å². The molecule has 0 saturated carbocycles. The van der Waals surface area contributed by atoms with Crippen LogP contribution in [-0.2, 0) is 9.53 Å². The second-order valence-electron chi connectivity index (χ2n) is 5.91. The number of carbonyl (C=O) groups excluding carboxylic acids is 3. The van der Waals surface area contributed by atoms with Gasteiger partial charge in [0, 0.05) is 19.6 Å². The maximum Gasteiger partial charge on any atom is 0.407 e. The predicted molar refractivity (Wildman–Crippen MR) is 91.7 cm³/mol. The summed E-state index contributed by atoms with van der Waals surface area (Å²) in [5, 5.41) is 18.2. The molecule has 6 N–H and O–H groups in total. The summed E-state index contributed by atoms with van der Waals surface area (Å²) in [5.41, 5.74) is 3.48. The fraction of sp³-hybridized carbons (Fsp3) is 0.688. The smallest absolute Gasteiger partial charge is 0.407 e. The molecule has 2 atom stereocenters.